The van der Waals surface area contributed by atoms with Gasteiger partial charge in [0.05, 0.1) is 26.0 Å². The van der Waals surface area contributed by atoms with Gasteiger partial charge in [-0.25, -0.2) is 0 Å². The number of carbonyl (C=O) groups excluding carboxylic acids is 1. The number of piperidine rings is 1. The standard InChI is InChI=1S/C25H35N3O3/c1-18(2)15-24(29)27-25(22-7-5-6-12-26-22)19-10-13-28(14-11-19)17-20-16-21(30-3)8-9-23(20)31-4/h5-9,12,16,18-19,25H,10-11,13-15,17H2,1-4H3,(H,27,29)/t25-/m0/s1. The maximum absolute atomic E-state index is 12.5. The van der Waals surface area contributed by atoms with Gasteiger partial charge in [-0.1, -0.05) is 19.9 Å². The van der Waals surface area contributed by atoms with Crippen LogP contribution in [0.5, 0.6) is 11.5 Å². The Balaban J connectivity index is 1.66. The lowest BCUT2D eigenvalue weighted by molar-refractivity contribution is -0.123. The number of benzene rings is 1. The minimum atomic E-state index is -0.0408. The minimum Gasteiger partial charge on any atom is -0.497 e. The Labute approximate surface area is 186 Å². The van der Waals surface area contributed by atoms with Crippen LogP contribution in [0.15, 0.2) is 42.6 Å². The molecule has 0 bridgehead atoms. The van der Waals surface area contributed by atoms with Crippen molar-refractivity contribution in [3.05, 3.63) is 53.9 Å². The molecule has 0 spiro atoms. The van der Waals surface area contributed by atoms with Crippen LogP contribution in [-0.4, -0.2) is 43.1 Å². The first-order chi connectivity index (χ1) is 15.0. The Hall–Kier alpha value is -2.60. The van der Waals surface area contributed by atoms with Crippen molar-refractivity contribution >= 4 is 5.91 Å². The van der Waals surface area contributed by atoms with E-state index in [1.807, 2.05) is 36.4 Å². The van der Waals surface area contributed by atoms with E-state index < -0.39 is 0 Å². The van der Waals surface area contributed by atoms with Gasteiger partial charge in [0.25, 0.3) is 0 Å². The van der Waals surface area contributed by atoms with Crippen LogP contribution in [0, 0.1) is 11.8 Å². The molecule has 1 saturated heterocycles. The summed E-state index contributed by atoms with van der Waals surface area (Å²) in [6, 6.07) is 11.8. The Morgan fingerprint density at radius 3 is 2.55 bits per heavy atom. The number of rotatable bonds is 9. The van der Waals surface area contributed by atoms with Crippen LogP contribution in [0.2, 0.25) is 0 Å². The number of aromatic nitrogens is 1. The second-order valence-corrected chi connectivity index (χ2v) is 8.69. The largest absolute Gasteiger partial charge is 0.497 e. The number of pyridine rings is 1. The summed E-state index contributed by atoms with van der Waals surface area (Å²) in [6.45, 7) is 6.89. The smallest absolute Gasteiger partial charge is 0.220 e. The molecule has 2 heterocycles. The van der Waals surface area contributed by atoms with Crippen LogP contribution < -0.4 is 14.8 Å². The summed E-state index contributed by atoms with van der Waals surface area (Å²) in [5.74, 6) is 2.54. The SMILES string of the molecule is COc1ccc(OC)c(CN2CCC([C@H](NC(=O)CC(C)C)c3ccccn3)CC2)c1. The van der Waals surface area contributed by atoms with Crippen LogP contribution in [0.4, 0.5) is 0 Å². The van der Waals surface area contributed by atoms with E-state index in [1.165, 1.54) is 0 Å². The average Bonchev–Trinajstić information content (AvgIpc) is 2.78. The van der Waals surface area contributed by atoms with E-state index >= 15 is 0 Å². The molecule has 1 fully saturated rings. The fraction of sp³-hybridized carbons (Fsp3) is 0.520. The fourth-order valence-corrected chi connectivity index (χ4v) is 4.29. The molecule has 0 aliphatic carbocycles. The van der Waals surface area contributed by atoms with Crippen molar-refractivity contribution in [3.63, 3.8) is 0 Å². The number of hydrogen-bond donors (Lipinski definition) is 1. The van der Waals surface area contributed by atoms with Gasteiger partial charge in [-0.15, -0.1) is 0 Å². The predicted octanol–water partition coefficient (Wildman–Crippen LogP) is 4.21. The molecule has 6 nitrogen and oxygen atoms in total. The third-order valence-corrected chi connectivity index (χ3v) is 5.90. The Bertz CT molecular complexity index is 833. The highest BCUT2D eigenvalue weighted by Gasteiger charge is 2.30. The number of amides is 1. The molecule has 1 N–H and O–H groups in total. The van der Waals surface area contributed by atoms with E-state index in [9.17, 15) is 4.79 Å². The van der Waals surface area contributed by atoms with Gasteiger partial charge < -0.3 is 14.8 Å². The van der Waals surface area contributed by atoms with E-state index in [-0.39, 0.29) is 11.9 Å². The highest BCUT2D eigenvalue weighted by Crippen LogP contribution is 2.32. The molecule has 1 aromatic carbocycles. The Kier molecular flexibility index (Phi) is 8.29. The second-order valence-electron chi connectivity index (χ2n) is 8.69. The topological polar surface area (TPSA) is 63.7 Å². The number of likely N-dealkylation sites (tertiary alicyclic amines) is 1. The summed E-state index contributed by atoms with van der Waals surface area (Å²) in [4.78, 5) is 19.5. The van der Waals surface area contributed by atoms with E-state index in [4.69, 9.17) is 9.47 Å². The van der Waals surface area contributed by atoms with Gasteiger partial charge in [-0.2, -0.15) is 0 Å². The van der Waals surface area contributed by atoms with Crippen LogP contribution >= 0.6 is 0 Å². The number of nitrogens with zero attached hydrogens (tertiary/aromatic N) is 2. The highest BCUT2D eigenvalue weighted by atomic mass is 16.5. The summed E-state index contributed by atoms with van der Waals surface area (Å²) in [7, 11) is 3.39. The molecule has 0 unspecified atom stereocenters. The summed E-state index contributed by atoms with van der Waals surface area (Å²) in [5.41, 5.74) is 2.08. The summed E-state index contributed by atoms with van der Waals surface area (Å²) in [6.07, 6.45) is 4.36. The molecule has 6 heteroatoms. The zero-order valence-corrected chi connectivity index (χ0v) is 19.1. The first-order valence-electron chi connectivity index (χ1n) is 11.1. The summed E-state index contributed by atoms with van der Waals surface area (Å²) >= 11 is 0. The molecule has 1 aromatic heterocycles. The molecule has 1 atom stereocenters. The number of ether oxygens (including phenoxy) is 2. The van der Waals surface area contributed by atoms with Crippen molar-refractivity contribution in [1.82, 2.24) is 15.2 Å². The maximum atomic E-state index is 12.5. The maximum Gasteiger partial charge on any atom is 0.220 e. The van der Waals surface area contributed by atoms with Crippen LogP contribution in [0.25, 0.3) is 0 Å². The quantitative estimate of drug-likeness (QED) is 0.652. The van der Waals surface area contributed by atoms with Gasteiger partial charge in [0.1, 0.15) is 11.5 Å². The van der Waals surface area contributed by atoms with E-state index in [0.717, 1.165) is 55.2 Å². The van der Waals surface area contributed by atoms with E-state index in [0.29, 0.717) is 18.3 Å². The minimum absolute atomic E-state index is 0.0408. The second kappa shape index (κ2) is 11.1. The van der Waals surface area contributed by atoms with Gasteiger partial charge >= 0.3 is 0 Å². The van der Waals surface area contributed by atoms with Crippen molar-refractivity contribution in [1.29, 1.82) is 0 Å². The van der Waals surface area contributed by atoms with E-state index in [2.05, 4.69) is 29.0 Å². The fourth-order valence-electron chi connectivity index (χ4n) is 4.29. The lowest BCUT2D eigenvalue weighted by Gasteiger charge is -2.36. The van der Waals surface area contributed by atoms with Crippen LogP contribution in [0.1, 0.15) is 50.4 Å². The van der Waals surface area contributed by atoms with Gasteiger partial charge in [0, 0.05) is 24.7 Å². The zero-order valence-electron chi connectivity index (χ0n) is 19.1. The average molecular weight is 426 g/mol. The lowest BCUT2D eigenvalue weighted by Crippen LogP contribution is -2.41. The molecular weight excluding hydrogens is 390 g/mol. The Morgan fingerprint density at radius 2 is 1.94 bits per heavy atom. The summed E-state index contributed by atoms with van der Waals surface area (Å²) in [5, 5.41) is 3.28. The van der Waals surface area contributed by atoms with Crippen molar-refractivity contribution in [2.24, 2.45) is 11.8 Å². The third-order valence-electron chi connectivity index (χ3n) is 5.90. The number of methoxy groups -OCH3 is 2. The number of hydrogen-bond acceptors (Lipinski definition) is 5. The first kappa shape index (κ1) is 23.1. The molecule has 0 saturated carbocycles. The number of nitrogens with one attached hydrogen (secondary N) is 1. The molecule has 2 aromatic rings. The van der Waals surface area contributed by atoms with Crippen molar-refractivity contribution in [2.75, 3.05) is 27.3 Å². The van der Waals surface area contributed by atoms with Crippen molar-refractivity contribution in [3.8, 4) is 11.5 Å². The van der Waals surface area contributed by atoms with Crippen LogP contribution in [0.3, 0.4) is 0 Å². The van der Waals surface area contributed by atoms with Gasteiger partial charge in [-0.3, -0.25) is 14.7 Å². The van der Waals surface area contributed by atoms with Crippen LogP contribution in [-0.2, 0) is 11.3 Å². The lowest BCUT2D eigenvalue weighted by atomic mass is 9.87. The zero-order chi connectivity index (χ0) is 22.2. The van der Waals surface area contributed by atoms with Gasteiger partial charge in [-0.05, 0) is 68.1 Å². The number of carbonyl (C=O) groups is 1. The molecule has 168 valence electrons. The molecule has 31 heavy (non-hydrogen) atoms. The van der Waals surface area contributed by atoms with E-state index in [1.54, 1.807) is 20.4 Å². The van der Waals surface area contributed by atoms with Gasteiger partial charge in [0.2, 0.25) is 5.91 Å². The van der Waals surface area contributed by atoms with Crippen molar-refractivity contribution < 1.29 is 14.3 Å². The highest BCUT2D eigenvalue weighted by molar-refractivity contribution is 5.76. The normalized spacial score (nSPS) is 16.2. The molecule has 1 amide bonds. The predicted molar refractivity (Wildman–Crippen MR) is 122 cm³/mol. The van der Waals surface area contributed by atoms with Crippen molar-refractivity contribution in [2.45, 2.75) is 45.7 Å². The molecule has 1 aliphatic rings. The molecule has 3 rings (SSSR count). The monoisotopic (exact) mass is 425 g/mol. The molecule has 0 radical (unpaired) electrons. The first-order valence-corrected chi connectivity index (χ1v) is 11.1. The molecular formula is C25H35N3O3. The Morgan fingerprint density at radius 1 is 1.16 bits per heavy atom. The van der Waals surface area contributed by atoms with Gasteiger partial charge in [0.15, 0.2) is 0 Å². The molecule has 1 aliphatic heterocycles. The third kappa shape index (κ3) is 6.44. The summed E-state index contributed by atoms with van der Waals surface area (Å²) < 4.78 is 10.9.